The highest BCUT2D eigenvalue weighted by Crippen LogP contribution is 2.20. The second-order valence-corrected chi connectivity index (χ2v) is 7.47. The largest absolute Gasteiger partial charge is 0.368 e. The normalized spacial score (nSPS) is 15.4. The maximum absolute atomic E-state index is 12.4. The highest BCUT2D eigenvalue weighted by Gasteiger charge is 2.23. The molecule has 1 aliphatic rings. The van der Waals surface area contributed by atoms with Crippen LogP contribution >= 0.6 is 0 Å². The van der Waals surface area contributed by atoms with Crippen molar-refractivity contribution in [1.29, 1.82) is 0 Å². The van der Waals surface area contributed by atoms with Crippen LogP contribution in [0.25, 0.3) is 0 Å². The lowest BCUT2D eigenvalue weighted by Gasteiger charge is -2.27. The van der Waals surface area contributed by atoms with Gasteiger partial charge in [0.15, 0.2) is 11.5 Å². The number of carbonyl (C=O) groups is 2. The first kappa shape index (κ1) is 19.1. The van der Waals surface area contributed by atoms with Crippen LogP contribution in [0.3, 0.4) is 0 Å². The first-order valence-corrected chi connectivity index (χ1v) is 9.27. The predicted molar refractivity (Wildman–Crippen MR) is 101 cm³/mol. The van der Waals surface area contributed by atoms with Gasteiger partial charge in [-0.05, 0) is 29.9 Å². The van der Waals surface area contributed by atoms with E-state index >= 15 is 0 Å². The fourth-order valence-corrected chi connectivity index (χ4v) is 3.35. The summed E-state index contributed by atoms with van der Waals surface area (Å²) in [5.74, 6) is -0.136. The van der Waals surface area contributed by atoms with E-state index in [1.807, 2.05) is 19.9 Å². The number of nitrogens with one attached hydrogen (secondary N) is 1. The Morgan fingerprint density at radius 2 is 2.04 bits per heavy atom. The number of hydrogen-bond donors (Lipinski definition) is 2. The fraction of sp³-hybridized carbons (Fsp3) is 0.450. The Kier molecular flexibility index (Phi) is 5.91. The summed E-state index contributed by atoms with van der Waals surface area (Å²) in [6.45, 7) is 6.29. The second-order valence-electron chi connectivity index (χ2n) is 7.47. The van der Waals surface area contributed by atoms with Crippen LogP contribution in [0.2, 0.25) is 0 Å². The molecule has 2 amide bonds. The molecule has 0 aliphatic carbocycles. The van der Waals surface area contributed by atoms with Crippen LogP contribution in [0.4, 0.5) is 0 Å². The molecule has 0 fully saturated rings. The third-order valence-corrected chi connectivity index (χ3v) is 4.74. The molecule has 7 heteroatoms. The summed E-state index contributed by atoms with van der Waals surface area (Å²) in [7, 11) is 0. The number of rotatable bonds is 7. The summed E-state index contributed by atoms with van der Waals surface area (Å²) in [6.07, 6.45) is 1.48. The number of aromatic nitrogens is 1. The molecule has 1 atom stereocenters. The van der Waals surface area contributed by atoms with E-state index in [2.05, 4.69) is 33.6 Å². The average molecular weight is 370 g/mol. The molecule has 7 nitrogen and oxygen atoms in total. The average Bonchev–Trinajstić information content (AvgIpc) is 3.09. The van der Waals surface area contributed by atoms with Crippen molar-refractivity contribution in [1.82, 2.24) is 15.4 Å². The topological polar surface area (TPSA) is 101 Å². The molecule has 2 aromatic rings. The van der Waals surface area contributed by atoms with Gasteiger partial charge < -0.3 is 15.6 Å². The summed E-state index contributed by atoms with van der Waals surface area (Å²) < 4.78 is 5.33. The minimum Gasteiger partial charge on any atom is -0.368 e. The summed E-state index contributed by atoms with van der Waals surface area (Å²) in [4.78, 5) is 26.1. The van der Waals surface area contributed by atoms with Crippen LogP contribution in [-0.4, -0.2) is 34.5 Å². The number of fused-ring (bicyclic) bond motifs is 1. The number of primary amides is 1. The highest BCUT2D eigenvalue weighted by atomic mass is 16.5. The van der Waals surface area contributed by atoms with Gasteiger partial charge in [0.1, 0.15) is 6.04 Å². The quantitative estimate of drug-likeness (QED) is 0.775. The van der Waals surface area contributed by atoms with Crippen LogP contribution in [0, 0.1) is 5.92 Å². The maximum Gasteiger partial charge on any atom is 0.274 e. The Bertz CT molecular complexity index is 815. The lowest BCUT2D eigenvalue weighted by atomic mass is 10.00. The maximum atomic E-state index is 12.4. The van der Waals surface area contributed by atoms with Crippen LogP contribution in [-0.2, 0) is 24.3 Å². The molecule has 3 rings (SSSR count). The third kappa shape index (κ3) is 4.95. The Labute approximate surface area is 158 Å². The summed E-state index contributed by atoms with van der Waals surface area (Å²) >= 11 is 0. The number of nitrogens with two attached hydrogens (primary N) is 1. The first-order valence-electron chi connectivity index (χ1n) is 9.27. The monoisotopic (exact) mass is 370 g/mol. The zero-order valence-corrected chi connectivity index (χ0v) is 15.8. The van der Waals surface area contributed by atoms with E-state index in [9.17, 15) is 9.59 Å². The van der Waals surface area contributed by atoms with Gasteiger partial charge in [0.2, 0.25) is 5.91 Å². The number of carbonyl (C=O) groups excluding carboxylic acids is 2. The smallest absolute Gasteiger partial charge is 0.274 e. The van der Waals surface area contributed by atoms with Crippen LogP contribution in [0.5, 0.6) is 0 Å². The van der Waals surface area contributed by atoms with E-state index in [4.69, 9.17) is 10.3 Å². The third-order valence-electron chi connectivity index (χ3n) is 4.74. The fourth-order valence-electron chi connectivity index (χ4n) is 3.35. The van der Waals surface area contributed by atoms with Crippen LogP contribution < -0.4 is 11.1 Å². The van der Waals surface area contributed by atoms with E-state index < -0.39 is 17.9 Å². The van der Waals surface area contributed by atoms with Crippen molar-refractivity contribution in [3.63, 3.8) is 0 Å². The van der Waals surface area contributed by atoms with Crippen LogP contribution in [0.1, 0.15) is 47.6 Å². The molecule has 0 saturated heterocycles. The number of nitrogens with zero attached hydrogens (tertiary/aromatic N) is 2. The van der Waals surface area contributed by atoms with Crippen molar-refractivity contribution >= 4 is 11.8 Å². The molecule has 2 heterocycles. The molecule has 1 aromatic heterocycles. The molecule has 27 heavy (non-hydrogen) atoms. The number of benzene rings is 1. The molecular weight excluding hydrogens is 344 g/mol. The number of amides is 2. The van der Waals surface area contributed by atoms with E-state index in [1.165, 1.54) is 11.1 Å². The van der Waals surface area contributed by atoms with Gasteiger partial charge in [-0.1, -0.05) is 43.3 Å². The van der Waals surface area contributed by atoms with Crippen molar-refractivity contribution < 1.29 is 14.1 Å². The lowest BCUT2D eigenvalue weighted by Crippen LogP contribution is -2.45. The summed E-state index contributed by atoms with van der Waals surface area (Å²) in [5.41, 5.74) is 8.24. The van der Waals surface area contributed by atoms with E-state index in [1.54, 1.807) is 6.07 Å². The minimum absolute atomic E-state index is 0.164. The zero-order valence-electron chi connectivity index (χ0n) is 15.8. The van der Waals surface area contributed by atoms with Gasteiger partial charge >= 0.3 is 0 Å². The van der Waals surface area contributed by atoms with E-state index in [0.717, 1.165) is 19.5 Å². The van der Waals surface area contributed by atoms with Crippen molar-refractivity contribution in [2.24, 2.45) is 11.7 Å². The predicted octanol–water partition coefficient (Wildman–Crippen LogP) is 1.86. The van der Waals surface area contributed by atoms with Gasteiger partial charge in [-0.15, -0.1) is 0 Å². The second kappa shape index (κ2) is 8.35. The van der Waals surface area contributed by atoms with Crippen molar-refractivity contribution in [3.05, 3.63) is 52.9 Å². The van der Waals surface area contributed by atoms with E-state index in [-0.39, 0.29) is 11.6 Å². The minimum atomic E-state index is -0.712. The summed E-state index contributed by atoms with van der Waals surface area (Å²) in [6, 6.07) is 9.33. The van der Waals surface area contributed by atoms with Gasteiger partial charge in [-0.2, -0.15) is 0 Å². The molecule has 0 radical (unpaired) electrons. The van der Waals surface area contributed by atoms with Gasteiger partial charge in [-0.25, -0.2) is 0 Å². The molecule has 1 aliphatic heterocycles. The van der Waals surface area contributed by atoms with Gasteiger partial charge in [0, 0.05) is 19.2 Å². The first-order chi connectivity index (χ1) is 12.9. The highest BCUT2D eigenvalue weighted by molar-refractivity contribution is 5.95. The molecule has 0 saturated carbocycles. The molecule has 1 aromatic carbocycles. The Balaban J connectivity index is 1.60. The summed E-state index contributed by atoms with van der Waals surface area (Å²) in [5, 5.41) is 6.50. The van der Waals surface area contributed by atoms with Gasteiger partial charge in [0.05, 0.1) is 6.54 Å². The van der Waals surface area contributed by atoms with E-state index in [0.29, 0.717) is 18.7 Å². The molecule has 0 bridgehead atoms. The van der Waals surface area contributed by atoms with Crippen LogP contribution in [0.15, 0.2) is 34.9 Å². The van der Waals surface area contributed by atoms with Crippen molar-refractivity contribution in [3.8, 4) is 0 Å². The molecule has 144 valence electrons. The van der Waals surface area contributed by atoms with Gasteiger partial charge in [0.25, 0.3) is 5.91 Å². The lowest BCUT2D eigenvalue weighted by molar-refractivity contribution is -0.120. The Hall–Kier alpha value is -2.67. The molecule has 0 unspecified atom stereocenters. The van der Waals surface area contributed by atoms with Gasteiger partial charge in [-0.3, -0.25) is 14.5 Å². The SMILES string of the molecule is CC(C)C[C@H](NC(=O)c1cc(CN2CCc3ccccc3C2)on1)C(N)=O. The van der Waals surface area contributed by atoms with Crippen molar-refractivity contribution in [2.45, 2.75) is 45.8 Å². The standard InChI is InChI=1S/C20H26N4O3/c1-13(2)9-17(19(21)25)22-20(26)18-10-16(27-23-18)12-24-8-7-14-5-3-4-6-15(14)11-24/h3-6,10,13,17H,7-9,11-12H2,1-2H3,(H2,21,25)(H,22,26)/t17-/m0/s1. The zero-order chi connectivity index (χ0) is 19.4. The number of hydrogen-bond acceptors (Lipinski definition) is 5. The molecule has 0 spiro atoms. The molecule has 3 N–H and O–H groups in total. The Morgan fingerprint density at radius 1 is 1.30 bits per heavy atom. The Morgan fingerprint density at radius 3 is 2.74 bits per heavy atom. The van der Waals surface area contributed by atoms with Crippen molar-refractivity contribution in [2.75, 3.05) is 6.54 Å². The molecular formula is C20H26N4O3.